The molecule has 0 aliphatic carbocycles. The minimum absolute atomic E-state index is 0.00282. The van der Waals surface area contributed by atoms with Crippen LogP contribution in [0.25, 0.3) is 0 Å². The number of sulfonamides is 1. The first kappa shape index (κ1) is 12.7. The van der Waals surface area contributed by atoms with Crippen LogP contribution in [0.5, 0.6) is 0 Å². The van der Waals surface area contributed by atoms with Gasteiger partial charge in [-0.3, -0.25) is 0 Å². The van der Waals surface area contributed by atoms with Gasteiger partial charge in [-0.05, 0) is 13.3 Å². The van der Waals surface area contributed by atoms with Crippen LogP contribution >= 0.6 is 0 Å². The van der Waals surface area contributed by atoms with Crippen molar-refractivity contribution in [2.24, 2.45) is 0 Å². The van der Waals surface area contributed by atoms with Crippen molar-refractivity contribution in [3.8, 4) is 12.3 Å². The van der Waals surface area contributed by atoms with Gasteiger partial charge in [0.05, 0.1) is 12.4 Å². The van der Waals surface area contributed by atoms with E-state index in [2.05, 4.69) is 15.6 Å². The fourth-order valence-electron chi connectivity index (χ4n) is 1.13. The molecule has 1 aromatic rings. The van der Waals surface area contributed by atoms with Gasteiger partial charge in [0.1, 0.15) is 0 Å². The lowest BCUT2D eigenvalue weighted by atomic mass is 10.3. The van der Waals surface area contributed by atoms with Crippen LogP contribution < -0.4 is 4.72 Å². The number of nitrogens with one attached hydrogen (secondary N) is 1. The molecule has 0 fully saturated rings. The van der Waals surface area contributed by atoms with Gasteiger partial charge >= 0.3 is 0 Å². The van der Waals surface area contributed by atoms with E-state index in [1.165, 1.54) is 12.5 Å². The van der Waals surface area contributed by atoms with Gasteiger partial charge in [0.25, 0.3) is 10.0 Å². The smallest absolute Gasteiger partial charge is 0.260 e. The monoisotopic (exact) mass is 241 g/mol. The van der Waals surface area contributed by atoms with Crippen molar-refractivity contribution in [3.05, 3.63) is 12.5 Å². The highest BCUT2D eigenvalue weighted by Gasteiger charge is 2.20. The predicted molar refractivity (Wildman–Crippen MR) is 61.1 cm³/mol. The molecule has 1 unspecified atom stereocenters. The van der Waals surface area contributed by atoms with Gasteiger partial charge in [-0.1, -0.05) is 12.8 Å². The van der Waals surface area contributed by atoms with E-state index in [1.807, 2.05) is 13.8 Å². The van der Waals surface area contributed by atoms with Crippen LogP contribution in [0.3, 0.4) is 0 Å². The van der Waals surface area contributed by atoms with Crippen LogP contribution in [0.1, 0.15) is 20.3 Å². The number of hydrogen-bond donors (Lipinski definition) is 1. The van der Waals surface area contributed by atoms with Crippen molar-refractivity contribution in [1.82, 2.24) is 14.3 Å². The Hall–Kier alpha value is -1.32. The molecule has 1 atom stereocenters. The number of aryl methyl sites for hydroxylation is 1. The van der Waals surface area contributed by atoms with E-state index >= 15 is 0 Å². The Balaban J connectivity index is 2.90. The topological polar surface area (TPSA) is 64.0 Å². The second kappa shape index (κ2) is 5.14. The lowest BCUT2D eigenvalue weighted by Crippen LogP contribution is -2.33. The maximum atomic E-state index is 11.8. The van der Waals surface area contributed by atoms with Crippen molar-refractivity contribution in [2.75, 3.05) is 0 Å². The van der Waals surface area contributed by atoms with Gasteiger partial charge in [-0.2, -0.15) is 4.72 Å². The molecule has 0 aliphatic heterocycles. The molecule has 0 aromatic carbocycles. The number of terminal acetylenes is 1. The van der Waals surface area contributed by atoms with Gasteiger partial charge in [0.15, 0.2) is 5.03 Å². The van der Waals surface area contributed by atoms with Crippen LogP contribution in [-0.4, -0.2) is 24.0 Å². The molecule has 0 spiro atoms. The summed E-state index contributed by atoms with van der Waals surface area (Å²) < 4.78 is 27.7. The van der Waals surface area contributed by atoms with Crippen molar-refractivity contribution >= 4 is 10.0 Å². The Labute approximate surface area is 95.9 Å². The average Bonchev–Trinajstić information content (AvgIpc) is 2.75. The summed E-state index contributed by atoms with van der Waals surface area (Å²) in [6.07, 6.45) is 8.70. The normalized spacial score (nSPS) is 13.3. The van der Waals surface area contributed by atoms with E-state index in [0.29, 0.717) is 13.0 Å². The highest BCUT2D eigenvalue weighted by Crippen LogP contribution is 2.06. The molecule has 16 heavy (non-hydrogen) atoms. The molecule has 0 radical (unpaired) electrons. The van der Waals surface area contributed by atoms with E-state index < -0.39 is 16.1 Å². The van der Waals surface area contributed by atoms with E-state index in [0.717, 1.165) is 0 Å². The summed E-state index contributed by atoms with van der Waals surface area (Å²) in [7, 11) is -3.60. The fraction of sp³-hybridized carbons (Fsp3) is 0.500. The van der Waals surface area contributed by atoms with Crippen molar-refractivity contribution < 1.29 is 8.42 Å². The first-order chi connectivity index (χ1) is 7.53. The molecule has 0 amide bonds. The van der Waals surface area contributed by atoms with Crippen LogP contribution in [0, 0.1) is 12.3 Å². The van der Waals surface area contributed by atoms with Crippen LogP contribution in [0.4, 0.5) is 0 Å². The maximum Gasteiger partial charge on any atom is 0.260 e. The predicted octanol–water partition coefficient (Wildman–Crippen LogP) is 0.593. The minimum Gasteiger partial charge on any atom is -0.336 e. The third-order valence-electron chi connectivity index (χ3n) is 2.16. The van der Waals surface area contributed by atoms with E-state index in [9.17, 15) is 8.42 Å². The Kier molecular flexibility index (Phi) is 4.10. The minimum atomic E-state index is -3.60. The average molecular weight is 241 g/mol. The van der Waals surface area contributed by atoms with Crippen molar-refractivity contribution in [1.29, 1.82) is 0 Å². The van der Waals surface area contributed by atoms with Crippen molar-refractivity contribution in [3.63, 3.8) is 0 Å². The van der Waals surface area contributed by atoms with E-state index in [1.54, 1.807) is 4.57 Å². The lowest BCUT2D eigenvalue weighted by molar-refractivity contribution is 0.567. The van der Waals surface area contributed by atoms with Crippen LogP contribution in [0.2, 0.25) is 0 Å². The summed E-state index contributed by atoms with van der Waals surface area (Å²) in [5.41, 5.74) is 0. The van der Waals surface area contributed by atoms with Gasteiger partial charge in [0, 0.05) is 12.7 Å². The van der Waals surface area contributed by atoms with Gasteiger partial charge in [-0.25, -0.2) is 13.4 Å². The highest BCUT2D eigenvalue weighted by atomic mass is 32.2. The molecule has 6 heteroatoms. The molecule has 1 rings (SSSR count). The largest absolute Gasteiger partial charge is 0.336 e. The third-order valence-corrected chi connectivity index (χ3v) is 3.51. The SMILES string of the molecule is C#CC(CC)NS(=O)(=O)c1cn(CC)cn1. The Morgan fingerprint density at radius 1 is 1.62 bits per heavy atom. The first-order valence-corrected chi connectivity index (χ1v) is 6.52. The third kappa shape index (κ3) is 2.84. The van der Waals surface area contributed by atoms with Crippen molar-refractivity contribution in [2.45, 2.75) is 37.9 Å². The summed E-state index contributed by atoms with van der Waals surface area (Å²) in [6.45, 7) is 4.40. The Bertz CT molecular complexity index is 484. The molecule has 0 saturated carbocycles. The Morgan fingerprint density at radius 2 is 2.31 bits per heavy atom. The highest BCUT2D eigenvalue weighted by molar-refractivity contribution is 7.89. The van der Waals surface area contributed by atoms with E-state index in [-0.39, 0.29) is 5.03 Å². The molecule has 5 nitrogen and oxygen atoms in total. The standard InChI is InChI=1S/C10H15N3O2S/c1-4-9(5-2)12-16(14,15)10-7-13(6-3)8-11-10/h1,7-9,12H,5-6H2,2-3H3. The zero-order valence-corrected chi connectivity index (χ0v) is 10.2. The van der Waals surface area contributed by atoms with Crippen LogP contribution in [-0.2, 0) is 16.6 Å². The summed E-state index contributed by atoms with van der Waals surface area (Å²) in [6, 6.07) is -0.489. The fourth-order valence-corrected chi connectivity index (χ4v) is 2.32. The number of imidazole rings is 1. The molecule has 0 bridgehead atoms. The summed E-state index contributed by atoms with van der Waals surface area (Å²) in [5, 5.41) is 0.00282. The van der Waals surface area contributed by atoms with E-state index in [4.69, 9.17) is 6.42 Å². The molecule has 1 aromatic heterocycles. The maximum absolute atomic E-state index is 11.8. The second-order valence-corrected chi connectivity index (χ2v) is 4.95. The number of nitrogens with zero attached hydrogens (tertiary/aromatic N) is 2. The molecule has 0 aliphatic rings. The summed E-state index contributed by atoms with van der Waals surface area (Å²) >= 11 is 0. The molecule has 1 N–H and O–H groups in total. The van der Waals surface area contributed by atoms with Gasteiger partial charge in [-0.15, -0.1) is 6.42 Å². The Morgan fingerprint density at radius 3 is 2.75 bits per heavy atom. The van der Waals surface area contributed by atoms with Crippen LogP contribution in [0.15, 0.2) is 17.6 Å². The number of rotatable bonds is 5. The summed E-state index contributed by atoms with van der Waals surface area (Å²) in [5.74, 6) is 2.37. The number of aromatic nitrogens is 2. The zero-order chi connectivity index (χ0) is 12.2. The lowest BCUT2D eigenvalue weighted by Gasteiger charge is -2.09. The number of hydrogen-bond acceptors (Lipinski definition) is 3. The summed E-state index contributed by atoms with van der Waals surface area (Å²) in [4.78, 5) is 3.82. The molecule has 0 saturated heterocycles. The molecule has 88 valence electrons. The van der Waals surface area contributed by atoms with Gasteiger partial charge in [0.2, 0.25) is 0 Å². The first-order valence-electron chi connectivity index (χ1n) is 5.03. The van der Waals surface area contributed by atoms with Gasteiger partial charge < -0.3 is 4.57 Å². The second-order valence-electron chi connectivity index (χ2n) is 3.29. The zero-order valence-electron chi connectivity index (χ0n) is 9.34. The molecular weight excluding hydrogens is 226 g/mol. The molecular formula is C10H15N3O2S. The molecule has 1 heterocycles. The quantitative estimate of drug-likeness (QED) is 0.767.